The van der Waals surface area contributed by atoms with Crippen molar-refractivity contribution in [3.63, 3.8) is 0 Å². The van der Waals surface area contributed by atoms with Crippen LogP contribution < -0.4 is 27.4 Å². The molecule has 5 unspecified atom stereocenters. The Labute approximate surface area is 200 Å². The number of carbonyl (C=O) groups is 6. The maximum Gasteiger partial charge on any atom is 0.326 e. The minimum absolute atomic E-state index is 0.100. The van der Waals surface area contributed by atoms with Crippen molar-refractivity contribution in [1.82, 2.24) is 16.0 Å². The Morgan fingerprint density at radius 2 is 1.44 bits per heavy atom. The van der Waals surface area contributed by atoms with Gasteiger partial charge in [0.2, 0.25) is 23.6 Å². The van der Waals surface area contributed by atoms with E-state index in [1.165, 1.54) is 18.7 Å². The summed E-state index contributed by atoms with van der Waals surface area (Å²) in [7, 11) is 0. The second kappa shape index (κ2) is 15.8. The number of aliphatic carboxylic acids is 2. The number of hydrogen-bond donors (Lipinski definition) is 8. The van der Waals surface area contributed by atoms with Gasteiger partial charge in [0.1, 0.15) is 18.1 Å². The maximum atomic E-state index is 12.7. The van der Waals surface area contributed by atoms with Gasteiger partial charge in [-0.3, -0.25) is 24.0 Å². The van der Waals surface area contributed by atoms with Gasteiger partial charge in [-0.15, -0.1) is 0 Å². The van der Waals surface area contributed by atoms with Crippen LogP contribution >= 0.6 is 11.8 Å². The van der Waals surface area contributed by atoms with E-state index in [4.69, 9.17) is 16.6 Å². The lowest BCUT2D eigenvalue weighted by Crippen LogP contribution is -2.59. The summed E-state index contributed by atoms with van der Waals surface area (Å²) >= 11 is 1.37. The summed E-state index contributed by atoms with van der Waals surface area (Å²) in [4.78, 5) is 70.8. The van der Waals surface area contributed by atoms with Crippen molar-refractivity contribution in [2.24, 2.45) is 11.5 Å². The highest BCUT2D eigenvalue weighted by atomic mass is 32.2. The van der Waals surface area contributed by atoms with E-state index in [9.17, 15) is 39.0 Å². The molecule has 0 saturated heterocycles. The summed E-state index contributed by atoms with van der Waals surface area (Å²) in [5, 5.41) is 34.9. The average Bonchev–Trinajstić information content (AvgIpc) is 2.74. The topological polar surface area (TPSA) is 251 Å². The third-order valence-corrected chi connectivity index (χ3v) is 5.25. The van der Waals surface area contributed by atoms with Gasteiger partial charge in [0.25, 0.3) is 0 Å². The molecule has 0 aliphatic carbocycles. The van der Waals surface area contributed by atoms with Crippen molar-refractivity contribution in [2.45, 2.75) is 69.3 Å². The van der Waals surface area contributed by atoms with Gasteiger partial charge in [0, 0.05) is 12.8 Å². The van der Waals surface area contributed by atoms with E-state index in [0.717, 1.165) is 0 Å². The summed E-state index contributed by atoms with van der Waals surface area (Å²) in [6.07, 6.45) is -0.779. The number of nitrogens with two attached hydrogens (primary N) is 2. The number of nitrogens with one attached hydrogen (secondary N) is 3. The fraction of sp³-hybridized carbons (Fsp3) is 0.684. The van der Waals surface area contributed by atoms with Crippen LogP contribution in [-0.4, -0.2) is 93.2 Å². The molecule has 0 heterocycles. The molecule has 10 N–H and O–H groups in total. The first-order valence-electron chi connectivity index (χ1n) is 10.4. The summed E-state index contributed by atoms with van der Waals surface area (Å²) in [5.41, 5.74) is 10.7. The van der Waals surface area contributed by atoms with E-state index in [1.807, 2.05) is 0 Å². The quantitative estimate of drug-likeness (QED) is 0.0992. The molecule has 0 rings (SSSR count). The standard InChI is InChI=1S/C19H33N5O9S/c1-9(25)15(18(31)23-12(19(32)33)7-8-34-2)24-17(30)11(4-6-14(27)28)22-16(29)10(20)3-5-13(21)26/h9-12,15,25H,3-8,20H2,1-2H3,(H2,21,26)(H,22,29)(H,23,31)(H,24,30)(H,27,28)(H,32,33). The van der Waals surface area contributed by atoms with E-state index in [0.29, 0.717) is 5.75 Å². The predicted molar refractivity (Wildman–Crippen MR) is 121 cm³/mol. The number of aliphatic hydroxyl groups is 1. The van der Waals surface area contributed by atoms with Crippen molar-refractivity contribution in [3.05, 3.63) is 0 Å². The highest BCUT2D eigenvalue weighted by Gasteiger charge is 2.32. The second-order valence-electron chi connectivity index (χ2n) is 7.51. The summed E-state index contributed by atoms with van der Waals surface area (Å²) < 4.78 is 0. The second-order valence-corrected chi connectivity index (χ2v) is 8.50. The Balaban J connectivity index is 5.43. The van der Waals surface area contributed by atoms with Gasteiger partial charge >= 0.3 is 11.9 Å². The molecular weight excluding hydrogens is 474 g/mol. The lowest BCUT2D eigenvalue weighted by molar-refractivity contribution is -0.143. The molecule has 0 aromatic heterocycles. The number of thioether (sulfide) groups is 1. The zero-order valence-corrected chi connectivity index (χ0v) is 19.8. The highest BCUT2D eigenvalue weighted by molar-refractivity contribution is 7.98. The Hall–Kier alpha value is -2.91. The Morgan fingerprint density at radius 3 is 1.91 bits per heavy atom. The molecule has 0 bridgehead atoms. The molecule has 4 amide bonds. The molecule has 0 spiro atoms. The lowest BCUT2D eigenvalue weighted by Gasteiger charge is -2.26. The smallest absolute Gasteiger partial charge is 0.326 e. The van der Waals surface area contributed by atoms with Crippen LogP contribution in [-0.2, 0) is 28.8 Å². The first kappa shape index (κ1) is 31.1. The summed E-state index contributed by atoms with van der Waals surface area (Å²) in [6, 6.07) is -5.50. The number of carbonyl (C=O) groups excluding carboxylic acids is 4. The molecule has 0 aromatic carbocycles. The van der Waals surface area contributed by atoms with Gasteiger partial charge in [-0.1, -0.05) is 0 Å². The van der Waals surface area contributed by atoms with Crippen molar-refractivity contribution in [2.75, 3.05) is 12.0 Å². The van der Waals surface area contributed by atoms with E-state index in [2.05, 4.69) is 16.0 Å². The first-order chi connectivity index (χ1) is 15.8. The zero-order valence-electron chi connectivity index (χ0n) is 19.0. The third-order valence-electron chi connectivity index (χ3n) is 4.61. The Morgan fingerprint density at radius 1 is 0.853 bits per heavy atom. The number of carboxylic acid groups (broad SMARTS) is 2. The number of carboxylic acids is 2. The number of aliphatic hydroxyl groups excluding tert-OH is 1. The normalized spacial score (nSPS) is 15.2. The summed E-state index contributed by atoms with van der Waals surface area (Å²) in [5.74, 6) is -5.63. The molecule has 0 radical (unpaired) electrons. The average molecular weight is 508 g/mol. The molecule has 0 saturated carbocycles. The van der Waals surface area contributed by atoms with Crippen LogP contribution in [0.25, 0.3) is 0 Å². The van der Waals surface area contributed by atoms with Crippen LogP contribution in [0, 0.1) is 0 Å². The number of primary amides is 1. The fourth-order valence-corrected chi connectivity index (χ4v) is 3.13. The van der Waals surface area contributed by atoms with Gasteiger partial charge in [0.15, 0.2) is 0 Å². The Bertz CT molecular complexity index is 750. The van der Waals surface area contributed by atoms with Gasteiger partial charge in [0.05, 0.1) is 12.1 Å². The molecule has 15 heteroatoms. The molecule has 194 valence electrons. The van der Waals surface area contributed by atoms with Crippen molar-refractivity contribution < 1.29 is 44.1 Å². The van der Waals surface area contributed by atoms with Crippen LogP contribution in [0.3, 0.4) is 0 Å². The molecule has 34 heavy (non-hydrogen) atoms. The fourth-order valence-electron chi connectivity index (χ4n) is 2.66. The van der Waals surface area contributed by atoms with Gasteiger partial charge < -0.3 is 42.7 Å². The molecule has 5 atom stereocenters. The van der Waals surface area contributed by atoms with E-state index < -0.39 is 72.3 Å². The van der Waals surface area contributed by atoms with Crippen molar-refractivity contribution >= 4 is 47.3 Å². The first-order valence-corrected chi connectivity index (χ1v) is 11.8. The molecule has 0 aromatic rings. The van der Waals surface area contributed by atoms with Crippen LogP contribution in [0.15, 0.2) is 0 Å². The molecule has 0 fully saturated rings. The summed E-state index contributed by atoms with van der Waals surface area (Å²) in [6.45, 7) is 1.19. The zero-order chi connectivity index (χ0) is 26.4. The minimum Gasteiger partial charge on any atom is -0.481 e. The van der Waals surface area contributed by atoms with E-state index in [1.54, 1.807) is 6.26 Å². The number of amides is 4. The Kier molecular flexibility index (Phi) is 14.5. The van der Waals surface area contributed by atoms with Crippen molar-refractivity contribution in [1.29, 1.82) is 0 Å². The van der Waals surface area contributed by atoms with Gasteiger partial charge in [-0.05, 0) is 38.2 Å². The molecule has 14 nitrogen and oxygen atoms in total. The molecular formula is C19H33N5O9S. The van der Waals surface area contributed by atoms with Crippen LogP contribution in [0.4, 0.5) is 0 Å². The minimum atomic E-state index is -1.59. The van der Waals surface area contributed by atoms with Crippen LogP contribution in [0.1, 0.15) is 39.0 Å². The molecule has 0 aliphatic rings. The van der Waals surface area contributed by atoms with Crippen LogP contribution in [0.2, 0.25) is 0 Å². The maximum absolute atomic E-state index is 12.7. The monoisotopic (exact) mass is 507 g/mol. The third kappa shape index (κ3) is 12.4. The van der Waals surface area contributed by atoms with Crippen LogP contribution in [0.5, 0.6) is 0 Å². The predicted octanol–water partition coefficient (Wildman–Crippen LogP) is -2.88. The largest absolute Gasteiger partial charge is 0.481 e. The number of rotatable bonds is 17. The van der Waals surface area contributed by atoms with Gasteiger partial charge in [-0.25, -0.2) is 4.79 Å². The molecule has 0 aliphatic heterocycles. The highest BCUT2D eigenvalue weighted by Crippen LogP contribution is 2.05. The van der Waals surface area contributed by atoms with Crippen molar-refractivity contribution in [3.8, 4) is 0 Å². The van der Waals surface area contributed by atoms with E-state index >= 15 is 0 Å². The van der Waals surface area contributed by atoms with Gasteiger partial charge in [-0.2, -0.15) is 11.8 Å². The van der Waals surface area contributed by atoms with E-state index in [-0.39, 0.29) is 25.7 Å². The number of hydrogen-bond acceptors (Lipinski definition) is 9. The SMILES string of the molecule is CSCCC(NC(=O)C(NC(=O)C(CCC(=O)O)NC(=O)C(N)CCC(N)=O)C(C)O)C(=O)O. The lowest BCUT2D eigenvalue weighted by atomic mass is 10.1.